The minimum Gasteiger partial charge on any atom is -0.495 e. The van der Waals surface area contributed by atoms with E-state index in [2.05, 4.69) is 5.32 Å². The summed E-state index contributed by atoms with van der Waals surface area (Å²) in [4.78, 5) is 13.1. The van der Waals surface area contributed by atoms with Crippen molar-refractivity contribution in [3.63, 3.8) is 0 Å². The number of carbonyl (C=O) groups excluding carboxylic acids is 1. The predicted octanol–water partition coefficient (Wildman–Crippen LogP) is 1.87. The summed E-state index contributed by atoms with van der Waals surface area (Å²) in [5.74, 6) is 0.600. The molecule has 1 unspecified atom stereocenters. The number of likely N-dealkylation sites (N-methyl/N-ethyl adjacent to an activating group) is 1. The van der Waals surface area contributed by atoms with E-state index in [0.29, 0.717) is 17.3 Å². The normalized spacial score (nSPS) is 11.8. The van der Waals surface area contributed by atoms with Crippen LogP contribution in [-0.4, -0.2) is 42.8 Å². The summed E-state index contributed by atoms with van der Waals surface area (Å²) in [5.41, 5.74) is 0.879. The molecule has 1 atom stereocenters. The molecule has 2 amide bonds. The van der Waals surface area contributed by atoms with Gasteiger partial charge in [0.05, 0.1) is 18.2 Å². The Morgan fingerprint density at radius 3 is 2.79 bits per heavy atom. The monoisotopic (exact) mass is 286 g/mol. The largest absolute Gasteiger partial charge is 0.495 e. The zero-order valence-corrected chi connectivity index (χ0v) is 12.1. The molecule has 0 aromatic heterocycles. The fourth-order valence-electron chi connectivity index (χ4n) is 1.61. The average Bonchev–Trinajstić information content (AvgIpc) is 2.35. The molecule has 1 rings (SSSR count). The second-order valence-electron chi connectivity index (χ2n) is 4.36. The Morgan fingerprint density at radius 2 is 2.26 bits per heavy atom. The third-order valence-electron chi connectivity index (χ3n) is 2.54. The van der Waals surface area contributed by atoms with Crippen molar-refractivity contribution < 1.29 is 14.6 Å². The number of amides is 2. The Morgan fingerprint density at radius 1 is 1.58 bits per heavy atom. The minimum atomic E-state index is -0.550. The molecule has 0 fully saturated rings. The van der Waals surface area contributed by atoms with Crippen LogP contribution < -0.4 is 10.1 Å². The maximum Gasteiger partial charge on any atom is 0.317 e. The molecule has 5 nitrogen and oxygen atoms in total. The van der Waals surface area contributed by atoms with Crippen LogP contribution in [0.15, 0.2) is 18.2 Å². The summed E-state index contributed by atoms with van der Waals surface area (Å²) in [6, 6.07) is 5.09. The molecule has 19 heavy (non-hydrogen) atoms. The molecule has 0 saturated heterocycles. The van der Waals surface area contributed by atoms with Gasteiger partial charge < -0.3 is 20.1 Å². The summed E-state index contributed by atoms with van der Waals surface area (Å²) in [5, 5.41) is 12.4. The molecule has 0 aliphatic heterocycles. The molecule has 0 bridgehead atoms. The molecule has 1 aromatic carbocycles. The van der Waals surface area contributed by atoms with Gasteiger partial charge in [0, 0.05) is 20.1 Å². The molecule has 0 heterocycles. The lowest BCUT2D eigenvalue weighted by Crippen LogP contribution is -2.40. The van der Waals surface area contributed by atoms with Crippen molar-refractivity contribution >= 4 is 17.6 Å². The van der Waals surface area contributed by atoms with Crippen LogP contribution in [0.4, 0.5) is 4.79 Å². The third kappa shape index (κ3) is 4.96. The van der Waals surface area contributed by atoms with Crippen molar-refractivity contribution in [2.75, 3.05) is 20.7 Å². The van der Waals surface area contributed by atoms with Gasteiger partial charge in [0.15, 0.2) is 0 Å². The smallest absolute Gasteiger partial charge is 0.317 e. The van der Waals surface area contributed by atoms with Gasteiger partial charge in [-0.05, 0) is 24.6 Å². The molecule has 0 aliphatic carbocycles. The predicted molar refractivity (Wildman–Crippen MR) is 74.6 cm³/mol. The van der Waals surface area contributed by atoms with Crippen LogP contribution in [0.5, 0.6) is 5.75 Å². The molecule has 1 aromatic rings. The highest BCUT2D eigenvalue weighted by molar-refractivity contribution is 6.32. The molecule has 6 heteroatoms. The van der Waals surface area contributed by atoms with E-state index in [-0.39, 0.29) is 12.6 Å². The van der Waals surface area contributed by atoms with Crippen LogP contribution in [0.1, 0.15) is 12.5 Å². The number of urea groups is 1. The first-order valence-corrected chi connectivity index (χ1v) is 6.31. The SMILES string of the molecule is COc1ccc(CNC(=O)N(C)CC(C)O)cc1Cl. The fraction of sp³-hybridized carbons (Fsp3) is 0.462. The first kappa shape index (κ1) is 15.6. The molecule has 0 saturated carbocycles. The van der Waals surface area contributed by atoms with Crippen molar-refractivity contribution in [2.24, 2.45) is 0 Å². The van der Waals surface area contributed by atoms with Crippen LogP contribution >= 0.6 is 11.6 Å². The Labute approximate surface area is 118 Å². The molecular weight excluding hydrogens is 268 g/mol. The molecule has 0 radical (unpaired) electrons. The van der Waals surface area contributed by atoms with Gasteiger partial charge in [0.25, 0.3) is 0 Å². The first-order valence-electron chi connectivity index (χ1n) is 5.93. The van der Waals surface area contributed by atoms with Gasteiger partial charge in [0.2, 0.25) is 0 Å². The van der Waals surface area contributed by atoms with E-state index in [4.69, 9.17) is 16.3 Å². The van der Waals surface area contributed by atoms with E-state index < -0.39 is 6.10 Å². The Bertz CT molecular complexity index is 438. The summed E-state index contributed by atoms with van der Waals surface area (Å²) in [6.45, 7) is 2.29. The maximum absolute atomic E-state index is 11.7. The number of halogens is 1. The van der Waals surface area contributed by atoms with Crippen molar-refractivity contribution in [2.45, 2.75) is 19.6 Å². The van der Waals surface area contributed by atoms with Gasteiger partial charge in [-0.15, -0.1) is 0 Å². The highest BCUT2D eigenvalue weighted by Gasteiger charge is 2.10. The Kier molecular flexibility index (Phi) is 5.92. The van der Waals surface area contributed by atoms with E-state index >= 15 is 0 Å². The van der Waals surface area contributed by atoms with Gasteiger partial charge in [-0.3, -0.25) is 0 Å². The topological polar surface area (TPSA) is 61.8 Å². The zero-order chi connectivity index (χ0) is 14.4. The van der Waals surface area contributed by atoms with Crippen LogP contribution in [0, 0.1) is 0 Å². The van der Waals surface area contributed by atoms with Crippen molar-refractivity contribution in [1.82, 2.24) is 10.2 Å². The van der Waals surface area contributed by atoms with Crippen LogP contribution in [-0.2, 0) is 6.54 Å². The molecule has 0 aliphatic rings. The lowest BCUT2D eigenvalue weighted by Gasteiger charge is -2.19. The standard InChI is InChI=1S/C13H19ClN2O3/c1-9(17)8-16(2)13(18)15-7-10-4-5-12(19-3)11(14)6-10/h4-6,9,17H,7-8H2,1-3H3,(H,15,18). The van der Waals surface area contributed by atoms with E-state index in [0.717, 1.165) is 5.56 Å². The maximum atomic E-state index is 11.7. The molecular formula is C13H19ClN2O3. The van der Waals surface area contributed by atoms with E-state index in [1.165, 1.54) is 4.90 Å². The highest BCUT2D eigenvalue weighted by Crippen LogP contribution is 2.24. The van der Waals surface area contributed by atoms with E-state index in [9.17, 15) is 9.90 Å². The molecule has 0 spiro atoms. The van der Waals surface area contributed by atoms with Crippen LogP contribution in [0.2, 0.25) is 5.02 Å². The van der Waals surface area contributed by atoms with E-state index in [1.54, 1.807) is 33.2 Å². The lowest BCUT2D eigenvalue weighted by molar-refractivity contribution is 0.143. The number of carbonyl (C=O) groups is 1. The highest BCUT2D eigenvalue weighted by atomic mass is 35.5. The number of ether oxygens (including phenoxy) is 1. The summed E-state index contributed by atoms with van der Waals surface area (Å²) >= 11 is 6.00. The van der Waals surface area contributed by atoms with Gasteiger partial charge in [-0.1, -0.05) is 17.7 Å². The average molecular weight is 287 g/mol. The molecule has 106 valence electrons. The Balaban J connectivity index is 2.52. The zero-order valence-electron chi connectivity index (χ0n) is 11.3. The van der Waals surface area contributed by atoms with Crippen molar-refractivity contribution in [3.05, 3.63) is 28.8 Å². The number of aliphatic hydroxyl groups excluding tert-OH is 1. The fourth-order valence-corrected chi connectivity index (χ4v) is 1.89. The third-order valence-corrected chi connectivity index (χ3v) is 2.84. The lowest BCUT2D eigenvalue weighted by atomic mass is 10.2. The second kappa shape index (κ2) is 7.21. The van der Waals surface area contributed by atoms with Gasteiger partial charge in [-0.2, -0.15) is 0 Å². The summed E-state index contributed by atoms with van der Waals surface area (Å²) < 4.78 is 5.05. The van der Waals surface area contributed by atoms with Gasteiger partial charge in [-0.25, -0.2) is 4.79 Å². The number of rotatable bonds is 5. The number of methoxy groups -OCH3 is 1. The molecule has 2 N–H and O–H groups in total. The minimum absolute atomic E-state index is 0.243. The number of nitrogens with zero attached hydrogens (tertiary/aromatic N) is 1. The quantitative estimate of drug-likeness (QED) is 0.869. The van der Waals surface area contributed by atoms with E-state index in [1.807, 2.05) is 6.07 Å². The number of hydrogen-bond acceptors (Lipinski definition) is 3. The summed E-state index contributed by atoms with van der Waals surface area (Å²) in [7, 11) is 3.18. The van der Waals surface area contributed by atoms with Crippen LogP contribution in [0.3, 0.4) is 0 Å². The van der Waals surface area contributed by atoms with Crippen LogP contribution in [0.25, 0.3) is 0 Å². The first-order chi connectivity index (χ1) is 8.93. The number of benzene rings is 1. The summed E-state index contributed by atoms with van der Waals surface area (Å²) in [6.07, 6.45) is -0.550. The van der Waals surface area contributed by atoms with Gasteiger partial charge in [0.1, 0.15) is 5.75 Å². The Hall–Kier alpha value is -1.46. The second-order valence-corrected chi connectivity index (χ2v) is 4.76. The van der Waals surface area contributed by atoms with Crippen molar-refractivity contribution in [3.8, 4) is 5.75 Å². The number of nitrogens with one attached hydrogen (secondary N) is 1. The number of hydrogen-bond donors (Lipinski definition) is 2. The number of aliphatic hydroxyl groups is 1. The van der Waals surface area contributed by atoms with Gasteiger partial charge >= 0.3 is 6.03 Å². The van der Waals surface area contributed by atoms with Crippen molar-refractivity contribution in [1.29, 1.82) is 0 Å².